The van der Waals surface area contributed by atoms with Gasteiger partial charge in [-0.2, -0.15) is 0 Å². The van der Waals surface area contributed by atoms with Crippen molar-refractivity contribution in [3.05, 3.63) is 88.3 Å². The molecule has 7 heteroatoms. The van der Waals surface area contributed by atoms with Crippen molar-refractivity contribution < 1.29 is 18.7 Å². The van der Waals surface area contributed by atoms with Crippen LogP contribution in [-0.4, -0.2) is 40.7 Å². The van der Waals surface area contributed by atoms with Gasteiger partial charge in [0.05, 0.1) is 5.38 Å². The lowest BCUT2D eigenvalue weighted by molar-refractivity contribution is 0.114. The number of alkyl halides is 2. The van der Waals surface area contributed by atoms with Gasteiger partial charge >= 0.3 is 6.09 Å². The van der Waals surface area contributed by atoms with E-state index in [1.807, 2.05) is 24.3 Å². The summed E-state index contributed by atoms with van der Waals surface area (Å²) in [5.74, 6) is 0.745. The van der Waals surface area contributed by atoms with Gasteiger partial charge in [-0.05, 0) is 54.3 Å². The third-order valence-electron chi connectivity index (χ3n) is 6.67. The van der Waals surface area contributed by atoms with E-state index in [1.54, 1.807) is 24.0 Å². The number of halogens is 2. The van der Waals surface area contributed by atoms with E-state index in [0.29, 0.717) is 25.3 Å². The zero-order chi connectivity index (χ0) is 24.5. The summed E-state index contributed by atoms with van der Waals surface area (Å²) >= 11 is 6.42. The van der Waals surface area contributed by atoms with Crippen LogP contribution in [0.25, 0.3) is 12.2 Å². The molecule has 2 aliphatic carbocycles. The maximum atomic E-state index is 13.8. The fourth-order valence-corrected chi connectivity index (χ4v) is 5.10. The summed E-state index contributed by atoms with van der Waals surface area (Å²) in [4.78, 5) is 18.7. The van der Waals surface area contributed by atoms with Gasteiger partial charge in [0, 0.05) is 28.7 Å². The molecule has 2 heterocycles. The smallest absolute Gasteiger partial charge is 0.416 e. The average molecular weight is 495 g/mol. The summed E-state index contributed by atoms with van der Waals surface area (Å²) in [5.41, 5.74) is 3.06. The van der Waals surface area contributed by atoms with Crippen molar-refractivity contribution in [3.8, 4) is 5.75 Å². The Labute approximate surface area is 208 Å². The molecule has 182 valence electrons. The molecule has 3 aliphatic rings. The number of hydrogen-bond donors (Lipinski definition) is 1. The fourth-order valence-electron chi connectivity index (χ4n) is 4.89. The Hall–Kier alpha value is -3.25. The molecule has 4 atom stereocenters. The predicted molar refractivity (Wildman–Crippen MR) is 135 cm³/mol. The second kappa shape index (κ2) is 9.78. The maximum absolute atomic E-state index is 13.8. The second-order valence-electron chi connectivity index (χ2n) is 9.08. The molecule has 1 aromatic carbocycles. The summed E-state index contributed by atoms with van der Waals surface area (Å²) in [5, 5.41) is 2.12. The molecule has 2 aromatic rings. The van der Waals surface area contributed by atoms with Crippen LogP contribution in [0.3, 0.4) is 0 Å². The Kier molecular flexibility index (Phi) is 6.56. The van der Waals surface area contributed by atoms with E-state index in [2.05, 4.69) is 23.7 Å². The van der Waals surface area contributed by atoms with Crippen molar-refractivity contribution in [1.82, 2.24) is 9.88 Å². The number of benzene rings is 1. The summed E-state index contributed by atoms with van der Waals surface area (Å²) in [6.07, 6.45) is 10.4. The highest BCUT2D eigenvalue weighted by Crippen LogP contribution is 2.35. The minimum absolute atomic E-state index is 0.0449. The molecule has 1 aromatic heterocycles. The second-order valence-corrected chi connectivity index (χ2v) is 9.64. The van der Waals surface area contributed by atoms with Crippen molar-refractivity contribution in [3.63, 3.8) is 0 Å². The summed E-state index contributed by atoms with van der Waals surface area (Å²) in [7, 11) is 0. The van der Waals surface area contributed by atoms with Gasteiger partial charge in [0.25, 0.3) is 0 Å². The van der Waals surface area contributed by atoms with Crippen LogP contribution >= 0.6 is 11.6 Å². The number of ether oxygens (including phenoxy) is 2. The lowest BCUT2D eigenvalue weighted by Crippen LogP contribution is -2.42. The van der Waals surface area contributed by atoms with E-state index >= 15 is 0 Å². The van der Waals surface area contributed by atoms with Crippen molar-refractivity contribution >= 4 is 29.8 Å². The lowest BCUT2D eigenvalue weighted by Gasteiger charge is -2.35. The number of H-pyrrole nitrogens is 1. The van der Waals surface area contributed by atoms with Crippen LogP contribution in [0.5, 0.6) is 5.75 Å². The Morgan fingerprint density at radius 1 is 1.31 bits per heavy atom. The highest BCUT2D eigenvalue weighted by molar-refractivity contribution is 6.24. The summed E-state index contributed by atoms with van der Waals surface area (Å²) < 4.78 is 25.2. The maximum Gasteiger partial charge on any atom is 0.416 e. The number of amides is 1. The van der Waals surface area contributed by atoms with Gasteiger partial charge in [0.15, 0.2) is 0 Å². The number of carbonyl (C=O) groups excluding carboxylic acids is 1. The van der Waals surface area contributed by atoms with Crippen LogP contribution in [0.2, 0.25) is 0 Å². The fraction of sp³-hybridized carbons (Fsp3) is 0.321. The predicted octanol–water partition coefficient (Wildman–Crippen LogP) is 4.66. The normalized spacial score (nSPS) is 24.9. The molecule has 35 heavy (non-hydrogen) atoms. The first-order valence-corrected chi connectivity index (χ1v) is 12.3. The van der Waals surface area contributed by atoms with Crippen LogP contribution < -0.4 is 15.3 Å². The number of rotatable bonds is 5. The topological polar surface area (TPSA) is 54.6 Å². The minimum atomic E-state index is -1.08. The van der Waals surface area contributed by atoms with E-state index in [4.69, 9.17) is 21.1 Å². The monoisotopic (exact) mass is 494 g/mol. The van der Waals surface area contributed by atoms with Crippen LogP contribution in [-0.2, 0) is 11.2 Å². The average Bonchev–Trinajstić information content (AvgIpc) is 3.22. The zero-order valence-corrected chi connectivity index (χ0v) is 20.3. The quantitative estimate of drug-likeness (QED) is 0.485. The summed E-state index contributed by atoms with van der Waals surface area (Å²) in [6.45, 7) is 6.34. The number of nitrogens with one attached hydrogen (secondary N) is 1. The van der Waals surface area contributed by atoms with E-state index in [-0.39, 0.29) is 17.3 Å². The Morgan fingerprint density at radius 3 is 2.86 bits per heavy atom. The van der Waals surface area contributed by atoms with Gasteiger partial charge in [0.1, 0.15) is 30.3 Å². The van der Waals surface area contributed by atoms with Crippen molar-refractivity contribution in [2.45, 2.75) is 37.4 Å². The van der Waals surface area contributed by atoms with Gasteiger partial charge in [-0.15, -0.1) is 11.6 Å². The number of nitrogens with zero attached hydrogens (tertiary/aromatic N) is 1. The molecule has 0 radical (unpaired) electrons. The molecule has 0 bridgehead atoms. The largest absolute Gasteiger partial charge is 0.490 e. The van der Waals surface area contributed by atoms with Crippen LogP contribution in [0.15, 0.2) is 60.9 Å². The van der Waals surface area contributed by atoms with Crippen LogP contribution in [0.1, 0.15) is 36.2 Å². The van der Waals surface area contributed by atoms with Gasteiger partial charge in [-0.3, -0.25) is 4.90 Å². The molecule has 3 unspecified atom stereocenters. The molecule has 0 spiro atoms. The number of allylic oxidation sites excluding steroid dienone is 3. The standard InChI is InChI=1S/C28H28ClFN2O3/c1-3-14-34-20-7-4-18(5-8-20)27-26-22(23-16-19(29)6-11-25(23)31-26)12-13-32(27)28(33)35-21-9-10-24(30)17(2)15-21/h3-5,7-11,15-17,19,24,27,31H,1,6,12-14H2,2H3/t17-,19?,24?,27?/m0/s1. The molecule has 0 saturated carbocycles. The molecular weight excluding hydrogens is 467 g/mol. The van der Waals surface area contributed by atoms with Crippen molar-refractivity contribution in [2.75, 3.05) is 13.2 Å². The molecule has 1 aliphatic heterocycles. The van der Waals surface area contributed by atoms with Crippen LogP contribution in [0.4, 0.5) is 9.18 Å². The number of aromatic nitrogens is 1. The highest BCUT2D eigenvalue weighted by atomic mass is 35.5. The van der Waals surface area contributed by atoms with E-state index in [0.717, 1.165) is 34.0 Å². The summed E-state index contributed by atoms with van der Waals surface area (Å²) in [6, 6.07) is 7.33. The van der Waals surface area contributed by atoms with Gasteiger partial charge < -0.3 is 14.5 Å². The first kappa shape index (κ1) is 23.5. The highest BCUT2D eigenvalue weighted by Gasteiger charge is 2.36. The van der Waals surface area contributed by atoms with Crippen molar-refractivity contribution in [1.29, 1.82) is 0 Å². The van der Waals surface area contributed by atoms with E-state index < -0.39 is 12.3 Å². The molecule has 1 amide bonds. The first-order chi connectivity index (χ1) is 16.9. The molecule has 5 nitrogen and oxygen atoms in total. The Balaban J connectivity index is 1.51. The Morgan fingerprint density at radius 2 is 2.11 bits per heavy atom. The minimum Gasteiger partial charge on any atom is -0.490 e. The van der Waals surface area contributed by atoms with Gasteiger partial charge in [-0.1, -0.05) is 43.9 Å². The first-order valence-electron chi connectivity index (χ1n) is 11.9. The third kappa shape index (κ3) is 4.67. The number of fused-ring (bicyclic) bond motifs is 3. The lowest BCUT2D eigenvalue weighted by atomic mass is 9.92. The van der Waals surface area contributed by atoms with Crippen LogP contribution in [0, 0.1) is 5.92 Å². The van der Waals surface area contributed by atoms with E-state index in [9.17, 15) is 9.18 Å². The molecule has 0 fully saturated rings. The Bertz CT molecular complexity index is 1310. The molecule has 0 saturated heterocycles. The van der Waals surface area contributed by atoms with E-state index in [1.165, 1.54) is 17.7 Å². The molecule has 5 rings (SSSR count). The number of hydrogen-bond acceptors (Lipinski definition) is 3. The molecular formula is C28H28ClFN2O3. The SMILES string of the molecule is C=CCOc1ccc(C2c3[nH]c4c(c3CCN2C(=O)OC2=C[C@H](C)C(F)C=C2)=CC(Cl)CC=4)cc1. The number of aromatic amines is 1. The van der Waals surface area contributed by atoms with Gasteiger partial charge in [-0.25, -0.2) is 9.18 Å². The molecule has 1 N–H and O–H groups in total. The van der Waals surface area contributed by atoms with Crippen molar-refractivity contribution in [2.24, 2.45) is 5.92 Å². The van der Waals surface area contributed by atoms with Gasteiger partial charge in [0.2, 0.25) is 0 Å². The third-order valence-corrected chi connectivity index (χ3v) is 6.97. The number of carbonyl (C=O) groups is 1. The zero-order valence-electron chi connectivity index (χ0n) is 19.5.